The first-order chi connectivity index (χ1) is 8.36. The van der Waals surface area contributed by atoms with E-state index >= 15 is 0 Å². The van der Waals surface area contributed by atoms with Crippen LogP contribution in [0.25, 0.3) is 0 Å². The number of nitrogens with one attached hydrogen (secondary N) is 1. The second kappa shape index (κ2) is 5.81. The number of sulfonamides is 1. The van der Waals surface area contributed by atoms with E-state index in [1.54, 1.807) is 6.92 Å². The summed E-state index contributed by atoms with van der Waals surface area (Å²) in [5.74, 6) is 0. The molecule has 0 saturated heterocycles. The zero-order valence-electron chi connectivity index (χ0n) is 11.3. The molecule has 0 amide bonds. The highest BCUT2D eigenvalue weighted by molar-refractivity contribution is 7.89. The van der Waals surface area contributed by atoms with E-state index in [0.717, 1.165) is 6.42 Å². The summed E-state index contributed by atoms with van der Waals surface area (Å²) in [6, 6.07) is -0.129. The molecule has 1 heterocycles. The smallest absolute Gasteiger partial charge is 0.247 e. The molecule has 1 aromatic heterocycles. The van der Waals surface area contributed by atoms with Crippen molar-refractivity contribution in [2.45, 2.75) is 51.7 Å². The van der Waals surface area contributed by atoms with E-state index in [0.29, 0.717) is 12.2 Å². The lowest BCUT2D eigenvalue weighted by molar-refractivity contribution is 0.272. The molecule has 0 atom stereocenters. The molecule has 7 heteroatoms. The van der Waals surface area contributed by atoms with Crippen LogP contribution in [0.15, 0.2) is 4.90 Å². The molecule has 0 radical (unpaired) electrons. The van der Waals surface area contributed by atoms with E-state index in [1.165, 1.54) is 4.31 Å². The van der Waals surface area contributed by atoms with Crippen molar-refractivity contribution < 1.29 is 13.5 Å². The van der Waals surface area contributed by atoms with Gasteiger partial charge in [0, 0.05) is 12.6 Å². The van der Waals surface area contributed by atoms with Crippen molar-refractivity contribution in [1.29, 1.82) is 0 Å². The number of aromatic amines is 1. The highest BCUT2D eigenvalue weighted by Gasteiger charge is 2.31. The summed E-state index contributed by atoms with van der Waals surface area (Å²) < 4.78 is 26.6. The maximum absolute atomic E-state index is 12.6. The van der Waals surface area contributed by atoms with Crippen molar-refractivity contribution in [1.82, 2.24) is 14.5 Å². The first kappa shape index (κ1) is 15.1. The third-order valence-electron chi connectivity index (χ3n) is 2.70. The first-order valence-corrected chi connectivity index (χ1v) is 7.46. The lowest BCUT2D eigenvalue weighted by atomic mass is 10.4. The Morgan fingerprint density at radius 3 is 2.50 bits per heavy atom. The van der Waals surface area contributed by atoms with Gasteiger partial charge in [-0.1, -0.05) is 6.92 Å². The number of H-pyrrole nitrogens is 1. The second-order valence-corrected chi connectivity index (χ2v) is 6.32. The van der Waals surface area contributed by atoms with Crippen LogP contribution < -0.4 is 0 Å². The van der Waals surface area contributed by atoms with Gasteiger partial charge in [-0.3, -0.25) is 5.10 Å². The van der Waals surface area contributed by atoms with E-state index in [9.17, 15) is 13.5 Å². The minimum atomic E-state index is -3.61. The molecule has 1 rings (SSSR count). The Kier molecular flexibility index (Phi) is 4.89. The van der Waals surface area contributed by atoms with Crippen LogP contribution in [0.4, 0.5) is 0 Å². The topological polar surface area (TPSA) is 86.3 Å². The maximum atomic E-state index is 12.6. The van der Waals surface area contributed by atoms with Crippen molar-refractivity contribution in [2.75, 3.05) is 6.54 Å². The van der Waals surface area contributed by atoms with Gasteiger partial charge in [-0.05, 0) is 27.2 Å². The molecule has 1 aromatic rings. The number of aromatic nitrogens is 2. The third-order valence-corrected chi connectivity index (χ3v) is 4.98. The molecule has 0 aromatic carbocycles. The Labute approximate surface area is 108 Å². The third kappa shape index (κ3) is 2.73. The maximum Gasteiger partial charge on any atom is 0.247 e. The molecular weight excluding hydrogens is 254 g/mol. The molecule has 0 fully saturated rings. The molecule has 104 valence electrons. The first-order valence-electron chi connectivity index (χ1n) is 6.02. The molecule has 0 spiro atoms. The fraction of sp³-hybridized carbons (Fsp3) is 0.727. The molecule has 0 saturated carbocycles. The van der Waals surface area contributed by atoms with Crippen LogP contribution in [0.2, 0.25) is 0 Å². The van der Waals surface area contributed by atoms with Crippen LogP contribution in [0.1, 0.15) is 38.6 Å². The number of hydrogen-bond acceptors (Lipinski definition) is 4. The number of nitrogens with zero attached hydrogens (tertiary/aromatic N) is 2. The fourth-order valence-electron chi connectivity index (χ4n) is 1.91. The Morgan fingerprint density at radius 2 is 2.06 bits per heavy atom. The Morgan fingerprint density at radius 1 is 1.44 bits per heavy atom. The average Bonchev–Trinajstić information content (AvgIpc) is 2.67. The zero-order valence-corrected chi connectivity index (χ0v) is 12.1. The zero-order chi connectivity index (χ0) is 13.9. The van der Waals surface area contributed by atoms with Gasteiger partial charge < -0.3 is 5.11 Å². The van der Waals surface area contributed by atoms with Crippen molar-refractivity contribution in [3.05, 3.63) is 11.4 Å². The predicted molar refractivity (Wildman–Crippen MR) is 68.6 cm³/mol. The summed E-state index contributed by atoms with van der Waals surface area (Å²) >= 11 is 0. The average molecular weight is 275 g/mol. The van der Waals surface area contributed by atoms with E-state index in [2.05, 4.69) is 10.2 Å². The molecule has 0 bridgehead atoms. The fourth-order valence-corrected chi connectivity index (χ4v) is 3.97. The minimum Gasteiger partial charge on any atom is -0.390 e. The number of hydrogen-bond donors (Lipinski definition) is 2. The highest BCUT2D eigenvalue weighted by Crippen LogP contribution is 2.24. The molecule has 18 heavy (non-hydrogen) atoms. The van der Waals surface area contributed by atoms with Crippen LogP contribution >= 0.6 is 0 Å². The van der Waals surface area contributed by atoms with Gasteiger partial charge >= 0.3 is 0 Å². The van der Waals surface area contributed by atoms with Crippen molar-refractivity contribution in [2.24, 2.45) is 0 Å². The Bertz CT molecular complexity index is 494. The van der Waals surface area contributed by atoms with Crippen molar-refractivity contribution in [3.8, 4) is 0 Å². The largest absolute Gasteiger partial charge is 0.390 e. The monoisotopic (exact) mass is 275 g/mol. The van der Waals surface area contributed by atoms with Gasteiger partial charge in [0.05, 0.1) is 12.3 Å². The number of aryl methyl sites for hydroxylation is 1. The summed E-state index contributed by atoms with van der Waals surface area (Å²) in [4.78, 5) is 0.104. The van der Waals surface area contributed by atoms with Gasteiger partial charge in [0.1, 0.15) is 10.6 Å². The normalized spacial score (nSPS) is 12.6. The van der Waals surface area contributed by atoms with Gasteiger partial charge in [0.25, 0.3) is 0 Å². The lowest BCUT2D eigenvalue weighted by Crippen LogP contribution is -2.38. The predicted octanol–water partition coefficient (Wildman–Crippen LogP) is 1.02. The quantitative estimate of drug-likeness (QED) is 0.811. The van der Waals surface area contributed by atoms with Crippen LogP contribution in [0.3, 0.4) is 0 Å². The second-order valence-electron chi connectivity index (χ2n) is 4.49. The van der Waals surface area contributed by atoms with Crippen LogP contribution in [-0.4, -0.2) is 40.6 Å². The Balaban J connectivity index is 3.30. The standard InChI is InChI=1S/C11H21N3O3S/c1-5-6-14(8(2)3)18(16,17)11-9(4)12-13-10(11)7-15/h8,15H,5-7H2,1-4H3,(H,12,13). The number of aliphatic hydroxyl groups is 1. The SMILES string of the molecule is CCCN(C(C)C)S(=O)(=O)c1c(CO)n[nH]c1C. The summed E-state index contributed by atoms with van der Waals surface area (Å²) in [6.45, 7) is 7.30. The highest BCUT2D eigenvalue weighted by atomic mass is 32.2. The van der Waals surface area contributed by atoms with Crippen molar-refractivity contribution >= 4 is 10.0 Å². The van der Waals surface area contributed by atoms with E-state index in [1.807, 2.05) is 20.8 Å². The Hall–Kier alpha value is -0.920. The number of aliphatic hydroxyl groups excluding tert-OH is 1. The van der Waals surface area contributed by atoms with Crippen LogP contribution in [0, 0.1) is 6.92 Å². The molecule has 0 aliphatic carbocycles. The van der Waals surface area contributed by atoms with E-state index in [-0.39, 0.29) is 16.6 Å². The van der Waals surface area contributed by atoms with Gasteiger partial charge in [0.2, 0.25) is 10.0 Å². The van der Waals surface area contributed by atoms with Gasteiger partial charge in [-0.2, -0.15) is 9.40 Å². The molecular formula is C11H21N3O3S. The van der Waals surface area contributed by atoms with E-state index < -0.39 is 16.6 Å². The summed E-state index contributed by atoms with van der Waals surface area (Å²) in [7, 11) is -3.61. The molecule has 0 aliphatic heterocycles. The van der Waals surface area contributed by atoms with Gasteiger partial charge in [-0.15, -0.1) is 0 Å². The minimum absolute atomic E-state index is 0.104. The van der Waals surface area contributed by atoms with Crippen LogP contribution in [0.5, 0.6) is 0 Å². The lowest BCUT2D eigenvalue weighted by Gasteiger charge is -2.25. The summed E-state index contributed by atoms with van der Waals surface area (Å²) in [5, 5.41) is 15.6. The molecule has 6 nitrogen and oxygen atoms in total. The summed E-state index contributed by atoms with van der Waals surface area (Å²) in [6.07, 6.45) is 0.739. The van der Waals surface area contributed by atoms with Gasteiger partial charge in [0.15, 0.2) is 0 Å². The number of rotatable bonds is 6. The molecule has 2 N–H and O–H groups in total. The molecule has 0 aliphatic rings. The van der Waals surface area contributed by atoms with Crippen molar-refractivity contribution in [3.63, 3.8) is 0 Å². The molecule has 0 unspecified atom stereocenters. The van der Waals surface area contributed by atoms with E-state index in [4.69, 9.17) is 0 Å². The van der Waals surface area contributed by atoms with Crippen LogP contribution in [-0.2, 0) is 16.6 Å². The van der Waals surface area contributed by atoms with Gasteiger partial charge in [-0.25, -0.2) is 8.42 Å². The summed E-state index contributed by atoms with van der Waals surface area (Å²) in [5.41, 5.74) is 0.634.